The minimum Gasteiger partial charge on any atom is -0.497 e. The second kappa shape index (κ2) is 9.68. The molecule has 29 heavy (non-hydrogen) atoms. The number of ether oxygens (including phenoxy) is 1. The van der Waals surface area contributed by atoms with Gasteiger partial charge < -0.3 is 15.0 Å². The summed E-state index contributed by atoms with van der Waals surface area (Å²) in [4.78, 5) is 23.2. The van der Waals surface area contributed by atoms with Crippen LogP contribution in [0.4, 0.5) is 11.5 Å². The number of amides is 1. The van der Waals surface area contributed by atoms with E-state index >= 15 is 0 Å². The number of carbonyl (C=O) groups excluding carboxylic acids is 1. The van der Waals surface area contributed by atoms with Crippen LogP contribution in [0.2, 0.25) is 0 Å². The molecule has 3 aromatic rings. The fraction of sp³-hybridized carbons (Fsp3) is 0.261. The van der Waals surface area contributed by atoms with Gasteiger partial charge in [0.15, 0.2) is 5.82 Å². The number of rotatable bonds is 8. The van der Waals surface area contributed by atoms with Gasteiger partial charge in [-0.05, 0) is 55.7 Å². The molecule has 0 radical (unpaired) electrons. The molecule has 0 aliphatic heterocycles. The normalized spacial score (nSPS) is 10.4. The van der Waals surface area contributed by atoms with Crippen molar-refractivity contribution in [2.24, 2.45) is 0 Å². The van der Waals surface area contributed by atoms with E-state index < -0.39 is 0 Å². The van der Waals surface area contributed by atoms with E-state index in [4.69, 9.17) is 4.74 Å². The number of aromatic nitrogens is 2. The van der Waals surface area contributed by atoms with Crippen molar-refractivity contribution in [3.63, 3.8) is 0 Å². The molecule has 0 spiro atoms. The summed E-state index contributed by atoms with van der Waals surface area (Å²) in [7, 11) is 1.64. The molecule has 0 aliphatic rings. The molecule has 2 aromatic carbocycles. The summed E-state index contributed by atoms with van der Waals surface area (Å²) in [6, 6.07) is 16.0. The molecule has 6 heteroatoms. The number of hydrogen-bond acceptors (Lipinski definition) is 5. The van der Waals surface area contributed by atoms with Crippen molar-refractivity contribution >= 4 is 17.4 Å². The first kappa shape index (κ1) is 20.3. The highest BCUT2D eigenvalue weighted by molar-refractivity contribution is 5.92. The van der Waals surface area contributed by atoms with Crippen LogP contribution in [0.15, 0.2) is 60.9 Å². The SMILES string of the molecule is CCN(c1cccc(C)c1)c1cnc(C(=O)NCCc2cccc(OC)c2)cn1. The molecule has 150 valence electrons. The number of nitrogens with one attached hydrogen (secondary N) is 1. The molecule has 6 nitrogen and oxygen atoms in total. The number of carbonyl (C=O) groups is 1. The average Bonchev–Trinajstić information content (AvgIpc) is 2.75. The van der Waals surface area contributed by atoms with Crippen molar-refractivity contribution in [3.05, 3.63) is 77.7 Å². The van der Waals surface area contributed by atoms with E-state index in [0.29, 0.717) is 24.5 Å². The highest BCUT2D eigenvalue weighted by Crippen LogP contribution is 2.23. The molecule has 1 N–H and O–H groups in total. The summed E-state index contributed by atoms with van der Waals surface area (Å²) in [6.45, 7) is 5.38. The van der Waals surface area contributed by atoms with Gasteiger partial charge in [0.25, 0.3) is 5.91 Å². The molecular formula is C23H26N4O2. The lowest BCUT2D eigenvalue weighted by Gasteiger charge is -2.22. The largest absolute Gasteiger partial charge is 0.497 e. The van der Waals surface area contributed by atoms with E-state index in [-0.39, 0.29) is 5.91 Å². The first-order chi connectivity index (χ1) is 14.1. The van der Waals surface area contributed by atoms with Gasteiger partial charge in [0.1, 0.15) is 11.4 Å². The summed E-state index contributed by atoms with van der Waals surface area (Å²) >= 11 is 0. The van der Waals surface area contributed by atoms with Crippen LogP contribution in [-0.2, 0) is 6.42 Å². The highest BCUT2D eigenvalue weighted by atomic mass is 16.5. The van der Waals surface area contributed by atoms with Gasteiger partial charge in [-0.25, -0.2) is 9.97 Å². The fourth-order valence-corrected chi connectivity index (χ4v) is 3.09. The van der Waals surface area contributed by atoms with Crippen LogP contribution in [-0.4, -0.2) is 36.1 Å². The number of hydrogen-bond donors (Lipinski definition) is 1. The molecule has 0 fully saturated rings. The molecule has 1 heterocycles. The van der Waals surface area contributed by atoms with Gasteiger partial charge in [0.05, 0.1) is 19.5 Å². The summed E-state index contributed by atoms with van der Waals surface area (Å²) in [5.41, 5.74) is 3.64. The molecule has 3 rings (SSSR count). The van der Waals surface area contributed by atoms with E-state index in [1.807, 2.05) is 36.4 Å². The van der Waals surface area contributed by atoms with Crippen molar-refractivity contribution in [2.75, 3.05) is 25.1 Å². The second-order valence-corrected chi connectivity index (χ2v) is 6.70. The Kier molecular flexibility index (Phi) is 6.79. The number of aryl methyl sites for hydroxylation is 1. The van der Waals surface area contributed by atoms with Crippen molar-refractivity contribution in [1.29, 1.82) is 0 Å². The fourth-order valence-electron chi connectivity index (χ4n) is 3.09. The van der Waals surface area contributed by atoms with Crippen molar-refractivity contribution in [2.45, 2.75) is 20.3 Å². The minimum absolute atomic E-state index is 0.231. The van der Waals surface area contributed by atoms with Gasteiger partial charge in [-0.15, -0.1) is 0 Å². The molecular weight excluding hydrogens is 364 g/mol. The van der Waals surface area contributed by atoms with E-state index in [1.165, 1.54) is 11.8 Å². The Balaban J connectivity index is 1.60. The molecule has 0 saturated carbocycles. The molecule has 0 unspecified atom stereocenters. The Morgan fingerprint density at radius 3 is 2.62 bits per heavy atom. The molecule has 0 saturated heterocycles. The van der Waals surface area contributed by atoms with Crippen LogP contribution in [0.3, 0.4) is 0 Å². The van der Waals surface area contributed by atoms with E-state index in [1.54, 1.807) is 13.3 Å². The van der Waals surface area contributed by atoms with E-state index in [0.717, 1.165) is 23.5 Å². The smallest absolute Gasteiger partial charge is 0.271 e. The van der Waals surface area contributed by atoms with E-state index in [2.05, 4.69) is 46.2 Å². The molecule has 0 atom stereocenters. The Hall–Kier alpha value is -3.41. The topological polar surface area (TPSA) is 67.4 Å². The zero-order valence-corrected chi connectivity index (χ0v) is 17.1. The summed E-state index contributed by atoms with van der Waals surface area (Å²) < 4.78 is 5.22. The van der Waals surface area contributed by atoms with Crippen LogP contribution in [0.25, 0.3) is 0 Å². The predicted molar refractivity (Wildman–Crippen MR) is 115 cm³/mol. The maximum Gasteiger partial charge on any atom is 0.271 e. The standard InChI is InChI=1S/C23H26N4O2/c1-4-27(19-9-5-7-17(2)13-19)22-16-25-21(15-26-22)23(28)24-12-11-18-8-6-10-20(14-18)29-3/h5-10,13-16H,4,11-12H2,1-3H3,(H,24,28). The zero-order valence-electron chi connectivity index (χ0n) is 17.1. The van der Waals surface area contributed by atoms with Crippen LogP contribution >= 0.6 is 0 Å². The van der Waals surface area contributed by atoms with Gasteiger partial charge in [-0.2, -0.15) is 0 Å². The number of nitrogens with zero attached hydrogens (tertiary/aromatic N) is 3. The Morgan fingerprint density at radius 1 is 1.10 bits per heavy atom. The zero-order chi connectivity index (χ0) is 20.6. The predicted octanol–water partition coefficient (Wildman–Crippen LogP) is 3.92. The summed E-state index contributed by atoms with van der Waals surface area (Å²) in [5, 5.41) is 2.89. The maximum absolute atomic E-state index is 12.4. The van der Waals surface area contributed by atoms with Gasteiger partial charge in [-0.1, -0.05) is 24.3 Å². The summed E-state index contributed by atoms with van der Waals surface area (Å²) in [5.74, 6) is 1.29. The second-order valence-electron chi connectivity index (χ2n) is 6.70. The van der Waals surface area contributed by atoms with Gasteiger partial charge >= 0.3 is 0 Å². The number of benzene rings is 2. The first-order valence-corrected chi connectivity index (χ1v) is 9.68. The third-order valence-corrected chi connectivity index (χ3v) is 4.61. The number of anilines is 2. The first-order valence-electron chi connectivity index (χ1n) is 9.68. The monoisotopic (exact) mass is 390 g/mol. The van der Waals surface area contributed by atoms with Crippen LogP contribution in [0.5, 0.6) is 5.75 Å². The van der Waals surface area contributed by atoms with Gasteiger partial charge in [0, 0.05) is 18.8 Å². The Morgan fingerprint density at radius 2 is 1.93 bits per heavy atom. The molecule has 0 bridgehead atoms. The van der Waals surface area contributed by atoms with E-state index in [9.17, 15) is 4.79 Å². The molecule has 0 aliphatic carbocycles. The third-order valence-electron chi connectivity index (χ3n) is 4.61. The Bertz CT molecular complexity index is 957. The van der Waals surface area contributed by atoms with Crippen LogP contribution < -0.4 is 15.0 Å². The van der Waals surface area contributed by atoms with Crippen LogP contribution in [0, 0.1) is 6.92 Å². The Labute approximate surface area is 171 Å². The van der Waals surface area contributed by atoms with Gasteiger partial charge in [0.2, 0.25) is 0 Å². The highest BCUT2D eigenvalue weighted by Gasteiger charge is 2.12. The van der Waals surface area contributed by atoms with Gasteiger partial charge in [-0.3, -0.25) is 4.79 Å². The maximum atomic E-state index is 12.4. The minimum atomic E-state index is -0.231. The molecule has 1 aromatic heterocycles. The molecule has 1 amide bonds. The number of methoxy groups -OCH3 is 1. The third kappa shape index (κ3) is 5.31. The lowest BCUT2D eigenvalue weighted by molar-refractivity contribution is 0.0949. The average molecular weight is 390 g/mol. The van der Waals surface area contributed by atoms with Crippen molar-refractivity contribution in [3.8, 4) is 5.75 Å². The van der Waals surface area contributed by atoms with Crippen molar-refractivity contribution < 1.29 is 9.53 Å². The van der Waals surface area contributed by atoms with Crippen molar-refractivity contribution in [1.82, 2.24) is 15.3 Å². The summed E-state index contributed by atoms with van der Waals surface area (Å²) in [6.07, 6.45) is 3.88. The lowest BCUT2D eigenvalue weighted by atomic mass is 10.1. The lowest BCUT2D eigenvalue weighted by Crippen LogP contribution is -2.27. The van der Waals surface area contributed by atoms with Crippen LogP contribution in [0.1, 0.15) is 28.5 Å². The quantitative estimate of drug-likeness (QED) is 0.631.